The number of rotatable bonds is 5. The summed E-state index contributed by atoms with van der Waals surface area (Å²) in [6.07, 6.45) is -1.56. The van der Waals surface area contributed by atoms with Crippen LogP contribution in [0.1, 0.15) is 12.5 Å². The van der Waals surface area contributed by atoms with Crippen LogP contribution < -0.4 is 5.32 Å². The van der Waals surface area contributed by atoms with Gasteiger partial charge in [0.25, 0.3) is 0 Å². The Morgan fingerprint density at radius 2 is 1.84 bits per heavy atom. The highest BCUT2D eigenvalue weighted by Gasteiger charge is 2.28. The van der Waals surface area contributed by atoms with Crippen LogP contribution in [0.3, 0.4) is 0 Å². The van der Waals surface area contributed by atoms with E-state index in [-0.39, 0.29) is 22.5 Å². The van der Waals surface area contributed by atoms with E-state index in [9.17, 15) is 22.8 Å². The lowest BCUT2D eigenvalue weighted by Crippen LogP contribution is -2.22. The number of carbonyl (C=O) groups excluding carboxylic acids is 2. The van der Waals surface area contributed by atoms with Gasteiger partial charge >= 0.3 is 6.18 Å². The predicted octanol–water partition coefficient (Wildman–Crippen LogP) is 3.77. The van der Waals surface area contributed by atoms with E-state index < -0.39 is 24.2 Å². The average molecular weight is 348 g/mol. The minimum Gasteiger partial charge on any atom is -0.352 e. The molecule has 0 aliphatic heterocycles. The lowest BCUT2D eigenvalue weighted by Gasteiger charge is -2.16. The highest BCUT2D eigenvalue weighted by Crippen LogP contribution is 2.25. The van der Waals surface area contributed by atoms with Crippen LogP contribution in [0.4, 0.5) is 18.9 Å². The van der Waals surface area contributed by atoms with Crippen molar-refractivity contribution in [1.82, 2.24) is 0 Å². The fourth-order valence-electron chi connectivity index (χ4n) is 2.29. The number of benzene rings is 1. The van der Waals surface area contributed by atoms with Crippen molar-refractivity contribution in [1.29, 1.82) is 0 Å². The van der Waals surface area contributed by atoms with Gasteiger partial charge in [0, 0.05) is 18.0 Å². The maximum atomic E-state index is 12.4. The van der Waals surface area contributed by atoms with E-state index in [1.807, 2.05) is 0 Å². The molecule has 7 heteroatoms. The maximum absolute atomic E-state index is 12.4. The summed E-state index contributed by atoms with van der Waals surface area (Å²) in [4.78, 5) is 28.4. The molecule has 1 N–H and O–H groups in total. The van der Waals surface area contributed by atoms with E-state index in [1.165, 1.54) is 36.6 Å². The molecule has 1 aliphatic rings. The summed E-state index contributed by atoms with van der Waals surface area (Å²) in [5.41, 5.74) is 0.586. The number of carbonyl (C=O) groups is 2. The number of alkyl halides is 3. The zero-order chi connectivity index (χ0) is 18.6. The number of anilines is 1. The van der Waals surface area contributed by atoms with Gasteiger partial charge in [0.15, 0.2) is 0 Å². The maximum Gasteiger partial charge on any atom is 0.393 e. The van der Waals surface area contributed by atoms with Crippen molar-refractivity contribution < 1.29 is 22.8 Å². The topological polar surface area (TPSA) is 58.5 Å². The molecule has 0 unspecified atom stereocenters. The largest absolute Gasteiger partial charge is 0.393 e. The first kappa shape index (κ1) is 18.4. The van der Waals surface area contributed by atoms with Gasteiger partial charge in [0.1, 0.15) is 5.70 Å². The monoisotopic (exact) mass is 348 g/mol. The third-order valence-electron chi connectivity index (χ3n) is 3.35. The second-order valence-corrected chi connectivity index (χ2v) is 5.22. The third kappa shape index (κ3) is 4.53. The number of aliphatic imine (C=N–C) groups is 1. The smallest absolute Gasteiger partial charge is 0.352 e. The summed E-state index contributed by atoms with van der Waals surface area (Å²) in [6, 6.07) is 5.44. The molecule has 0 spiro atoms. The van der Waals surface area contributed by atoms with Crippen molar-refractivity contribution in [2.45, 2.75) is 19.5 Å². The molecule has 25 heavy (non-hydrogen) atoms. The van der Waals surface area contributed by atoms with Crippen molar-refractivity contribution in [3.63, 3.8) is 0 Å². The molecular weight excluding hydrogens is 333 g/mol. The van der Waals surface area contributed by atoms with Crippen LogP contribution in [0.2, 0.25) is 0 Å². The van der Waals surface area contributed by atoms with Crippen molar-refractivity contribution >= 4 is 23.5 Å². The number of allylic oxidation sites excluding steroid dienone is 3. The van der Waals surface area contributed by atoms with Crippen molar-refractivity contribution in [3.8, 4) is 0 Å². The molecule has 0 saturated carbocycles. The SMILES string of the molecule is C=CC1=C(N=CC)C(=O)C=C(Nc2ccc(CC(F)(F)F)cc2)C1=O. The van der Waals surface area contributed by atoms with E-state index in [0.29, 0.717) is 5.69 Å². The predicted molar refractivity (Wildman–Crippen MR) is 89.3 cm³/mol. The zero-order valence-corrected chi connectivity index (χ0v) is 13.4. The Bertz CT molecular complexity index is 801. The molecule has 0 fully saturated rings. The van der Waals surface area contributed by atoms with E-state index >= 15 is 0 Å². The van der Waals surface area contributed by atoms with Gasteiger partial charge < -0.3 is 5.32 Å². The molecule has 2 rings (SSSR count). The molecule has 130 valence electrons. The summed E-state index contributed by atoms with van der Waals surface area (Å²) in [7, 11) is 0. The molecule has 0 saturated heterocycles. The number of hydrogen-bond donors (Lipinski definition) is 1. The summed E-state index contributed by atoms with van der Waals surface area (Å²) < 4.78 is 37.1. The number of halogens is 3. The second kappa shape index (κ2) is 7.29. The average Bonchev–Trinajstić information content (AvgIpc) is 2.53. The molecule has 0 bridgehead atoms. The molecule has 0 aromatic heterocycles. The number of nitrogens with one attached hydrogen (secondary N) is 1. The first-order valence-corrected chi connectivity index (χ1v) is 7.34. The van der Waals surface area contributed by atoms with Gasteiger partial charge in [0.05, 0.1) is 17.7 Å². The number of nitrogens with zero attached hydrogens (tertiary/aromatic N) is 1. The van der Waals surface area contributed by atoms with Gasteiger partial charge in [-0.05, 0) is 24.6 Å². The van der Waals surface area contributed by atoms with Crippen LogP contribution in [-0.2, 0) is 16.0 Å². The minimum absolute atomic E-state index is 0.00794. The van der Waals surface area contributed by atoms with Crippen molar-refractivity contribution in [3.05, 3.63) is 65.5 Å². The molecule has 1 aromatic carbocycles. The number of ketones is 2. The minimum atomic E-state index is -4.29. The van der Waals surface area contributed by atoms with Gasteiger partial charge in [-0.2, -0.15) is 13.2 Å². The van der Waals surface area contributed by atoms with Crippen LogP contribution >= 0.6 is 0 Å². The summed E-state index contributed by atoms with van der Waals surface area (Å²) in [5, 5.41) is 2.75. The normalized spacial score (nSPS) is 15.6. The van der Waals surface area contributed by atoms with E-state index in [1.54, 1.807) is 6.92 Å². The molecule has 0 heterocycles. The number of hydrogen-bond acceptors (Lipinski definition) is 4. The third-order valence-corrected chi connectivity index (χ3v) is 3.35. The van der Waals surface area contributed by atoms with E-state index in [2.05, 4.69) is 16.9 Å². The Morgan fingerprint density at radius 1 is 1.20 bits per heavy atom. The van der Waals surface area contributed by atoms with E-state index in [4.69, 9.17) is 0 Å². The first-order chi connectivity index (χ1) is 11.7. The summed E-state index contributed by atoms with van der Waals surface area (Å²) in [6.45, 7) is 5.14. The van der Waals surface area contributed by atoms with Crippen LogP contribution in [-0.4, -0.2) is 24.0 Å². The Kier molecular flexibility index (Phi) is 5.36. The Balaban J connectivity index is 2.21. The van der Waals surface area contributed by atoms with Crippen LogP contribution in [0.15, 0.2) is 65.0 Å². The van der Waals surface area contributed by atoms with Gasteiger partial charge in [-0.3, -0.25) is 14.6 Å². The standard InChI is InChI=1S/C18H15F3N2O2/c1-3-13-16(22-4-2)15(24)9-14(17(13)25)23-12-7-5-11(6-8-12)10-18(19,20)21/h3-9,23H,1,10H2,2H3. The molecule has 1 aromatic rings. The van der Waals surface area contributed by atoms with Crippen molar-refractivity contribution in [2.24, 2.45) is 4.99 Å². The zero-order valence-electron chi connectivity index (χ0n) is 13.4. The van der Waals surface area contributed by atoms with E-state index in [0.717, 1.165) is 6.08 Å². The van der Waals surface area contributed by atoms with Crippen LogP contribution in [0.5, 0.6) is 0 Å². The van der Waals surface area contributed by atoms with Crippen molar-refractivity contribution in [2.75, 3.05) is 5.32 Å². The van der Waals surface area contributed by atoms with Gasteiger partial charge in [-0.15, -0.1) is 0 Å². The fourth-order valence-corrected chi connectivity index (χ4v) is 2.29. The Morgan fingerprint density at radius 3 is 2.36 bits per heavy atom. The lowest BCUT2D eigenvalue weighted by atomic mass is 9.97. The van der Waals surface area contributed by atoms with Crippen LogP contribution in [0.25, 0.3) is 0 Å². The number of Topliss-reactive ketones (excluding diaryl/α,β-unsaturated/α-hetero) is 1. The molecule has 4 nitrogen and oxygen atoms in total. The summed E-state index contributed by atoms with van der Waals surface area (Å²) in [5.74, 6) is -0.918. The highest BCUT2D eigenvalue weighted by atomic mass is 19.4. The van der Waals surface area contributed by atoms with Gasteiger partial charge in [0.2, 0.25) is 11.6 Å². The molecule has 0 radical (unpaired) electrons. The van der Waals surface area contributed by atoms with Gasteiger partial charge in [-0.25, -0.2) is 0 Å². The highest BCUT2D eigenvalue weighted by molar-refractivity contribution is 6.25. The first-order valence-electron chi connectivity index (χ1n) is 7.34. The molecule has 1 aliphatic carbocycles. The fraction of sp³-hybridized carbons (Fsp3) is 0.167. The molecular formula is C18H15F3N2O2. The summed E-state index contributed by atoms with van der Waals surface area (Å²) >= 11 is 0. The second-order valence-electron chi connectivity index (χ2n) is 5.22. The van der Waals surface area contributed by atoms with Crippen LogP contribution in [0, 0.1) is 0 Å². The lowest BCUT2D eigenvalue weighted by molar-refractivity contribution is -0.127. The Labute approximate surface area is 142 Å². The molecule has 0 amide bonds. The Hall–Kier alpha value is -2.96. The molecule has 0 atom stereocenters. The quantitative estimate of drug-likeness (QED) is 0.651. The van der Waals surface area contributed by atoms with Gasteiger partial charge in [-0.1, -0.05) is 24.8 Å².